The predicted octanol–water partition coefficient (Wildman–Crippen LogP) is 15.4. The number of aromatic nitrogens is 1. The molecule has 0 unspecified atom stereocenters. The average molecular weight is 743 g/mol. The van der Waals surface area contributed by atoms with Crippen LogP contribution < -0.4 is 4.90 Å². The molecule has 3 aromatic heterocycles. The standard InChI is InChI=1S/C54H34N2O2/c1-4-14-35(15-5-1)36-24-26-37(27-25-36)52-53-44-31-29-40(55(38-16-6-2-7-17-38)41-28-30-43-42-20-10-12-22-48(42)57-50(43)33-41)32-46(44)56(39-18-8-3-9-19-39)47(53)34-51-54(52)45-21-11-13-23-49(45)58-51/h1-34H. The Labute approximate surface area is 334 Å². The van der Waals surface area contributed by atoms with Crippen molar-refractivity contribution in [1.82, 2.24) is 4.57 Å². The van der Waals surface area contributed by atoms with Crippen molar-refractivity contribution in [2.24, 2.45) is 0 Å². The zero-order chi connectivity index (χ0) is 38.2. The number of hydrogen-bond acceptors (Lipinski definition) is 3. The molecule has 9 aromatic carbocycles. The number of furan rings is 2. The van der Waals surface area contributed by atoms with E-state index in [2.05, 4.69) is 198 Å². The maximum atomic E-state index is 6.71. The van der Waals surface area contributed by atoms with E-state index in [0.29, 0.717) is 0 Å². The third-order valence-corrected chi connectivity index (χ3v) is 11.6. The highest BCUT2D eigenvalue weighted by Crippen LogP contribution is 2.48. The summed E-state index contributed by atoms with van der Waals surface area (Å²) in [5.41, 5.74) is 14.6. The van der Waals surface area contributed by atoms with Crippen LogP contribution in [0.25, 0.3) is 93.6 Å². The molecule has 0 aliphatic carbocycles. The quantitative estimate of drug-likeness (QED) is 0.170. The second kappa shape index (κ2) is 12.9. The maximum absolute atomic E-state index is 6.71. The van der Waals surface area contributed by atoms with Crippen molar-refractivity contribution < 1.29 is 8.83 Å². The second-order valence-corrected chi connectivity index (χ2v) is 14.9. The summed E-state index contributed by atoms with van der Waals surface area (Å²) in [6.45, 7) is 0. The molecule has 0 bridgehead atoms. The summed E-state index contributed by atoms with van der Waals surface area (Å²) in [7, 11) is 0. The molecular weight excluding hydrogens is 709 g/mol. The van der Waals surface area contributed by atoms with E-state index in [4.69, 9.17) is 8.83 Å². The van der Waals surface area contributed by atoms with E-state index in [0.717, 1.165) is 88.6 Å². The van der Waals surface area contributed by atoms with Crippen LogP contribution in [0.5, 0.6) is 0 Å². The fourth-order valence-electron chi connectivity index (χ4n) is 8.99. The lowest BCUT2D eigenvalue weighted by Crippen LogP contribution is -2.09. The molecule has 0 fully saturated rings. The Morgan fingerprint density at radius 1 is 0.328 bits per heavy atom. The highest BCUT2D eigenvalue weighted by atomic mass is 16.3. The van der Waals surface area contributed by atoms with E-state index < -0.39 is 0 Å². The Morgan fingerprint density at radius 2 is 0.879 bits per heavy atom. The zero-order valence-electron chi connectivity index (χ0n) is 31.3. The van der Waals surface area contributed by atoms with Gasteiger partial charge >= 0.3 is 0 Å². The molecule has 0 atom stereocenters. The minimum atomic E-state index is 0.858. The fourth-order valence-corrected chi connectivity index (χ4v) is 8.99. The van der Waals surface area contributed by atoms with Crippen LogP contribution in [0.1, 0.15) is 0 Å². The lowest BCUT2D eigenvalue weighted by molar-refractivity contribution is 0.668. The zero-order valence-corrected chi connectivity index (χ0v) is 31.3. The van der Waals surface area contributed by atoms with E-state index >= 15 is 0 Å². The molecule has 4 nitrogen and oxygen atoms in total. The minimum Gasteiger partial charge on any atom is -0.456 e. The molecule has 12 rings (SSSR count). The molecule has 272 valence electrons. The van der Waals surface area contributed by atoms with Gasteiger partial charge in [-0.05, 0) is 77.4 Å². The summed E-state index contributed by atoms with van der Waals surface area (Å²) in [5, 5.41) is 6.80. The molecule has 58 heavy (non-hydrogen) atoms. The molecule has 12 aromatic rings. The van der Waals surface area contributed by atoms with Crippen molar-refractivity contribution in [3.63, 3.8) is 0 Å². The molecular formula is C54H34N2O2. The number of fused-ring (bicyclic) bond motifs is 9. The van der Waals surface area contributed by atoms with Gasteiger partial charge in [-0.3, -0.25) is 0 Å². The van der Waals surface area contributed by atoms with Gasteiger partial charge in [-0.15, -0.1) is 0 Å². The van der Waals surface area contributed by atoms with Gasteiger partial charge in [0, 0.05) is 72.8 Å². The molecule has 0 saturated heterocycles. The number of hydrogen-bond donors (Lipinski definition) is 0. The monoisotopic (exact) mass is 742 g/mol. The third-order valence-electron chi connectivity index (χ3n) is 11.6. The molecule has 0 N–H and O–H groups in total. The largest absolute Gasteiger partial charge is 0.456 e. The van der Waals surface area contributed by atoms with Crippen molar-refractivity contribution in [2.45, 2.75) is 0 Å². The van der Waals surface area contributed by atoms with Gasteiger partial charge in [-0.25, -0.2) is 0 Å². The summed E-state index contributed by atoms with van der Waals surface area (Å²) in [6.07, 6.45) is 0. The first-order valence-electron chi connectivity index (χ1n) is 19.7. The van der Waals surface area contributed by atoms with E-state index in [1.54, 1.807) is 0 Å². The SMILES string of the molecule is c1ccc(-c2ccc(-c3c4c(cc5c3c3ccc(N(c6ccccc6)c6ccc7c(c6)oc6ccccc67)cc3n5-c3ccccc3)oc3ccccc34)cc2)cc1. The van der Waals surface area contributed by atoms with E-state index in [1.165, 1.54) is 22.1 Å². The van der Waals surface area contributed by atoms with Crippen LogP contribution in [0, 0.1) is 0 Å². The number of nitrogens with zero attached hydrogens (tertiary/aromatic N) is 2. The van der Waals surface area contributed by atoms with E-state index in [1.807, 2.05) is 18.2 Å². The molecule has 3 heterocycles. The van der Waals surface area contributed by atoms with Gasteiger partial charge in [0.25, 0.3) is 0 Å². The molecule has 0 radical (unpaired) electrons. The fraction of sp³-hybridized carbons (Fsp3) is 0. The first-order chi connectivity index (χ1) is 28.8. The van der Waals surface area contributed by atoms with Gasteiger partial charge in [0.15, 0.2) is 0 Å². The van der Waals surface area contributed by atoms with Crippen molar-refractivity contribution >= 4 is 82.7 Å². The van der Waals surface area contributed by atoms with Gasteiger partial charge in [-0.2, -0.15) is 0 Å². The minimum absolute atomic E-state index is 0.858. The third kappa shape index (κ3) is 5.02. The Morgan fingerprint density at radius 3 is 1.64 bits per heavy atom. The van der Waals surface area contributed by atoms with Crippen molar-refractivity contribution in [3.05, 3.63) is 206 Å². The summed E-state index contributed by atoms with van der Waals surface area (Å²) in [5.74, 6) is 0. The molecule has 4 heteroatoms. The lowest BCUT2D eigenvalue weighted by Gasteiger charge is -2.25. The first kappa shape index (κ1) is 32.4. The van der Waals surface area contributed by atoms with Gasteiger partial charge < -0.3 is 18.3 Å². The number of rotatable bonds is 6. The molecule has 0 aliphatic rings. The molecule has 0 amide bonds. The lowest BCUT2D eigenvalue weighted by atomic mass is 9.93. The number of para-hydroxylation sites is 4. The molecule has 0 saturated carbocycles. The molecule has 0 aliphatic heterocycles. The summed E-state index contributed by atoms with van der Waals surface area (Å²) in [4.78, 5) is 2.32. The molecule has 0 spiro atoms. The van der Waals surface area contributed by atoms with Crippen LogP contribution in [0.3, 0.4) is 0 Å². The van der Waals surface area contributed by atoms with Crippen LogP contribution in [-0.2, 0) is 0 Å². The first-order valence-corrected chi connectivity index (χ1v) is 19.7. The summed E-state index contributed by atoms with van der Waals surface area (Å²) in [6, 6.07) is 73.1. The van der Waals surface area contributed by atoms with Gasteiger partial charge in [0.1, 0.15) is 22.3 Å². The normalized spacial score (nSPS) is 11.8. The summed E-state index contributed by atoms with van der Waals surface area (Å²) < 4.78 is 15.5. The number of benzene rings is 9. The van der Waals surface area contributed by atoms with Crippen LogP contribution >= 0.6 is 0 Å². The predicted molar refractivity (Wildman–Crippen MR) is 241 cm³/mol. The van der Waals surface area contributed by atoms with Crippen molar-refractivity contribution in [3.8, 4) is 27.9 Å². The van der Waals surface area contributed by atoms with Gasteiger partial charge in [0.05, 0.1) is 11.0 Å². The topological polar surface area (TPSA) is 34.5 Å². The highest BCUT2D eigenvalue weighted by Gasteiger charge is 2.24. The Bertz CT molecular complexity index is 3490. The van der Waals surface area contributed by atoms with Gasteiger partial charge in [0.2, 0.25) is 0 Å². The van der Waals surface area contributed by atoms with Crippen molar-refractivity contribution in [1.29, 1.82) is 0 Å². The van der Waals surface area contributed by atoms with Gasteiger partial charge in [-0.1, -0.05) is 133 Å². The van der Waals surface area contributed by atoms with E-state index in [-0.39, 0.29) is 0 Å². The average Bonchev–Trinajstić information content (AvgIpc) is 3.95. The second-order valence-electron chi connectivity index (χ2n) is 14.9. The van der Waals surface area contributed by atoms with E-state index in [9.17, 15) is 0 Å². The smallest absolute Gasteiger partial charge is 0.138 e. The Balaban J connectivity index is 1.15. The van der Waals surface area contributed by atoms with Crippen LogP contribution in [0.15, 0.2) is 215 Å². The van der Waals surface area contributed by atoms with Crippen LogP contribution in [0.4, 0.5) is 17.1 Å². The Kier molecular flexibility index (Phi) is 7.20. The van der Waals surface area contributed by atoms with Crippen LogP contribution in [0.2, 0.25) is 0 Å². The highest BCUT2D eigenvalue weighted by molar-refractivity contribution is 6.27. The van der Waals surface area contributed by atoms with Crippen molar-refractivity contribution in [2.75, 3.05) is 4.90 Å². The number of anilines is 3. The maximum Gasteiger partial charge on any atom is 0.138 e. The van der Waals surface area contributed by atoms with Crippen LogP contribution in [-0.4, -0.2) is 4.57 Å². The summed E-state index contributed by atoms with van der Waals surface area (Å²) >= 11 is 0. The Hall–Kier alpha value is -7.82.